The second-order valence-corrected chi connectivity index (χ2v) is 11.8. The molecule has 0 aliphatic carbocycles. The number of carbonyl (C=O) groups excluding carboxylic acids is 3. The zero-order valence-corrected chi connectivity index (χ0v) is 24.7. The Hall–Kier alpha value is -2.42. The Labute approximate surface area is 227 Å². The molecule has 2 atom stereocenters. The number of carbonyl (C=O) groups is 3. The number of thioether (sulfide) groups is 1. The van der Waals surface area contributed by atoms with Crippen molar-refractivity contribution in [1.82, 2.24) is 15.5 Å². The molecule has 0 heterocycles. The maximum Gasteiger partial charge on any atom is 0.408 e. The molecule has 210 valence electrons. The fourth-order valence-corrected chi connectivity index (χ4v) is 4.33. The molecule has 0 saturated heterocycles. The van der Waals surface area contributed by atoms with Crippen LogP contribution in [0.15, 0.2) is 24.3 Å². The average Bonchev–Trinajstić information content (AvgIpc) is 2.81. The minimum Gasteiger partial charge on any atom is -0.508 e. The van der Waals surface area contributed by atoms with E-state index in [1.165, 1.54) is 11.0 Å². The highest BCUT2D eigenvalue weighted by Crippen LogP contribution is 2.36. The lowest BCUT2D eigenvalue weighted by Gasteiger charge is -2.44. The molecule has 0 saturated carbocycles. The van der Waals surface area contributed by atoms with Gasteiger partial charge in [-0.15, -0.1) is 0 Å². The van der Waals surface area contributed by atoms with E-state index in [2.05, 4.69) is 17.6 Å². The van der Waals surface area contributed by atoms with Crippen molar-refractivity contribution in [1.29, 1.82) is 0 Å². The molecule has 8 nitrogen and oxygen atoms in total. The average molecular weight is 538 g/mol. The number of phenols is 1. The van der Waals surface area contributed by atoms with E-state index in [4.69, 9.17) is 4.74 Å². The lowest BCUT2D eigenvalue weighted by atomic mass is 9.91. The number of nitrogens with one attached hydrogen (secondary N) is 2. The van der Waals surface area contributed by atoms with Crippen molar-refractivity contribution < 1.29 is 24.2 Å². The Bertz CT molecular complexity index is 885. The van der Waals surface area contributed by atoms with Gasteiger partial charge in [-0.1, -0.05) is 44.9 Å². The van der Waals surface area contributed by atoms with Crippen LogP contribution in [0.3, 0.4) is 0 Å². The van der Waals surface area contributed by atoms with E-state index in [1.54, 1.807) is 50.7 Å². The third-order valence-electron chi connectivity index (χ3n) is 6.17. The summed E-state index contributed by atoms with van der Waals surface area (Å²) in [6.45, 7) is 13.6. The Balaban J connectivity index is 3.55. The minimum atomic E-state index is -1.08. The Kier molecular flexibility index (Phi) is 13.3. The Morgan fingerprint density at radius 3 is 2.27 bits per heavy atom. The molecule has 9 heteroatoms. The van der Waals surface area contributed by atoms with E-state index < -0.39 is 35.2 Å². The van der Waals surface area contributed by atoms with Crippen LogP contribution in [0.2, 0.25) is 0 Å². The number of ether oxygens (including phenoxy) is 1. The van der Waals surface area contributed by atoms with Gasteiger partial charge in [0, 0.05) is 17.6 Å². The number of unbranched alkanes of at least 4 members (excludes halogenated alkanes) is 2. The molecule has 0 radical (unpaired) electrons. The third-order valence-corrected chi connectivity index (χ3v) is 6.82. The van der Waals surface area contributed by atoms with Crippen LogP contribution >= 0.6 is 11.8 Å². The normalized spacial score (nSPS) is 13.4. The minimum absolute atomic E-state index is 0.0679. The summed E-state index contributed by atoms with van der Waals surface area (Å²) in [5, 5.41) is 16.5. The van der Waals surface area contributed by atoms with Gasteiger partial charge in [0.25, 0.3) is 0 Å². The number of phenolic OH excluding ortho intramolecular Hbond substituents is 1. The lowest BCUT2D eigenvalue weighted by molar-refractivity contribution is -0.149. The summed E-state index contributed by atoms with van der Waals surface area (Å²) in [7, 11) is 0. The molecule has 0 aliphatic heterocycles. The van der Waals surface area contributed by atoms with Gasteiger partial charge in [-0.3, -0.25) is 9.59 Å². The van der Waals surface area contributed by atoms with Gasteiger partial charge in [0.15, 0.2) is 0 Å². The quantitative estimate of drug-likeness (QED) is 0.274. The van der Waals surface area contributed by atoms with Gasteiger partial charge in [-0.2, -0.15) is 11.8 Å². The van der Waals surface area contributed by atoms with E-state index in [0.717, 1.165) is 19.3 Å². The van der Waals surface area contributed by atoms with Crippen molar-refractivity contribution in [3.63, 3.8) is 0 Å². The molecule has 3 amide bonds. The van der Waals surface area contributed by atoms with E-state index in [1.807, 2.05) is 27.0 Å². The molecular weight excluding hydrogens is 490 g/mol. The maximum absolute atomic E-state index is 14.2. The summed E-state index contributed by atoms with van der Waals surface area (Å²) in [6.07, 6.45) is 4.95. The summed E-state index contributed by atoms with van der Waals surface area (Å²) in [5.41, 5.74) is -1.15. The van der Waals surface area contributed by atoms with Crippen LogP contribution in [-0.4, -0.2) is 63.6 Å². The van der Waals surface area contributed by atoms with Crippen molar-refractivity contribution in [3.8, 4) is 5.75 Å². The topological polar surface area (TPSA) is 108 Å². The molecule has 0 aliphatic rings. The summed E-state index contributed by atoms with van der Waals surface area (Å²) >= 11 is 1.56. The maximum atomic E-state index is 14.2. The van der Waals surface area contributed by atoms with Gasteiger partial charge >= 0.3 is 6.09 Å². The van der Waals surface area contributed by atoms with Crippen LogP contribution in [-0.2, 0) is 14.3 Å². The first-order valence-corrected chi connectivity index (χ1v) is 14.6. The largest absolute Gasteiger partial charge is 0.508 e. The van der Waals surface area contributed by atoms with Crippen LogP contribution in [0.25, 0.3) is 0 Å². The molecule has 0 aromatic heterocycles. The highest BCUT2D eigenvalue weighted by atomic mass is 32.2. The van der Waals surface area contributed by atoms with Crippen LogP contribution in [0.4, 0.5) is 4.79 Å². The molecule has 1 aromatic rings. The van der Waals surface area contributed by atoms with E-state index in [9.17, 15) is 19.5 Å². The zero-order chi connectivity index (χ0) is 28.2. The lowest BCUT2D eigenvalue weighted by Crippen LogP contribution is -2.59. The molecule has 2 unspecified atom stereocenters. The molecule has 3 N–H and O–H groups in total. The number of benzene rings is 1. The monoisotopic (exact) mass is 537 g/mol. The van der Waals surface area contributed by atoms with E-state index in [0.29, 0.717) is 30.7 Å². The molecule has 1 rings (SSSR count). The number of amides is 3. The van der Waals surface area contributed by atoms with Gasteiger partial charge < -0.3 is 25.4 Å². The number of para-hydroxylation sites is 1. The van der Waals surface area contributed by atoms with Crippen LogP contribution < -0.4 is 10.6 Å². The second kappa shape index (κ2) is 15.1. The number of nitrogens with zero attached hydrogens (tertiary/aromatic N) is 1. The fourth-order valence-electron chi connectivity index (χ4n) is 3.86. The van der Waals surface area contributed by atoms with Crippen molar-refractivity contribution >= 4 is 29.7 Å². The summed E-state index contributed by atoms with van der Waals surface area (Å²) in [6, 6.07) is 4.60. The third kappa shape index (κ3) is 10.5. The second-order valence-electron chi connectivity index (χ2n) is 10.8. The number of rotatable bonds is 14. The van der Waals surface area contributed by atoms with Gasteiger partial charge in [-0.25, -0.2) is 4.79 Å². The van der Waals surface area contributed by atoms with Crippen LogP contribution in [0.5, 0.6) is 5.75 Å². The smallest absolute Gasteiger partial charge is 0.408 e. The number of hydrogen-bond acceptors (Lipinski definition) is 6. The molecule has 1 aromatic carbocycles. The molecule has 37 heavy (non-hydrogen) atoms. The first kappa shape index (κ1) is 32.6. The van der Waals surface area contributed by atoms with Gasteiger partial charge in [0.2, 0.25) is 11.8 Å². The molecule has 0 bridgehead atoms. The van der Waals surface area contributed by atoms with Crippen molar-refractivity contribution in [2.45, 2.75) is 104 Å². The van der Waals surface area contributed by atoms with Crippen LogP contribution in [0, 0.1) is 0 Å². The van der Waals surface area contributed by atoms with Crippen molar-refractivity contribution in [2.75, 3.05) is 18.6 Å². The first-order chi connectivity index (χ1) is 17.3. The number of aromatic hydroxyl groups is 1. The summed E-state index contributed by atoms with van der Waals surface area (Å²) in [4.78, 5) is 42.1. The van der Waals surface area contributed by atoms with E-state index in [-0.39, 0.29) is 11.7 Å². The number of hydrogen-bond donors (Lipinski definition) is 3. The highest BCUT2D eigenvalue weighted by molar-refractivity contribution is 7.98. The summed E-state index contributed by atoms with van der Waals surface area (Å²) < 4.78 is 5.43. The van der Waals surface area contributed by atoms with E-state index >= 15 is 0 Å². The predicted molar refractivity (Wildman–Crippen MR) is 151 cm³/mol. The number of alkyl carbamates (subject to hydrolysis) is 1. The Morgan fingerprint density at radius 1 is 1.08 bits per heavy atom. The van der Waals surface area contributed by atoms with Gasteiger partial charge in [0.1, 0.15) is 23.4 Å². The molecule has 0 fully saturated rings. The standard InChI is InChI=1S/C28H47N3O5S/c1-9-11-14-18-29-24(33)23(20-15-12-13-16-22(20)32)31(28(6,7)10-2)25(34)21(17-19-37-8)30-26(35)36-27(3,4)5/h12-13,15-16,21,23,32H,9-11,14,17-19H2,1-8H3,(H,29,33)(H,30,35). The first-order valence-electron chi connectivity index (χ1n) is 13.2. The summed E-state index contributed by atoms with van der Waals surface area (Å²) in [5.74, 6) is -0.212. The van der Waals surface area contributed by atoms with Crippen molar-refractivity contribution in [3.05, 3.63) is 29.8 Å². The Morgan fingerprint density at radius 2 is 1.73 bits per heavy atom. The highest BCUT2D eigenvalue weighted by Gasteiger charge is 2.43. The molecule has 0 spiro atoms. The van der Waals surface area contributed by atoms with Gasteiger partial charge in [0.05, 0.1) is 0 Å². The van der Waals surface area contributed by atoms with Crippen molar-refractivity contribution in [2.24, 2.45) is 0 Å². The fraction of sp³-hybridized carbons (Fsp3) is 0.679. The van der Waals surface area contributed by atoms with Gasteiger partial charge in [-0.05, 0) is 72.0 Å². The predicted octanol–water partition coefficient (Wildman–Crippen LogP) is 5.40. The SMILES string of the molecule is CCCCCNC(=O)C(c1ccccc1O)N(C(=O)C(CCSC)NC(=O)OC(C)(C)C)C(C)(C)CC. The molecular formula is C28H47N3O5S. The van der Waals surface area contributed by atoms with Crippen LogP contribution in [0.1, 0.15) is 92.2 Å². The zero-order valence-electron chi connectivity index (χ0n) is 23.8.